The van der Waals surface area contributed by atoms with E-state index in [9.17, 15) is 13.2 Å². The number of hydrogen-bond donors (Lipinski definition) is 1. The number of ether oxygens (including phenoxy) is 1. The van der Waals surface area contributed by atoms with Gasteiger partial charge in [-0.15, -0.1) is 12.4 Å². The fraction of sp³-hybridized carbons (Fsp3) is 0.700. The highest BCUT2D eigenvalue weighted by molar-refractivity contribution is 5.85. The van der Waals surface area contributed by atoms with Crippen LogP contribution in [-0.2, 0) is 24.5 Å². The molecule has 4 nitrogen and oxygen atoms in total. The van der Waals surface area contributed by atoms with Gasteiger partial charge in [-0.1, -0.05) is 0 Å². The molecule has 1 heterocycles. The summed E-state index contributed by atoms with van der Waals surface area (Å²) >= 11 is 0. The summed E-state index contributed by atoms with van der Waals surface area (Å²) in [6, 6.07) is 0. The molecule has 1 rings (SSSR count). The Hall–Kier alpha value is -0.790. The predicted octanol–water partition coefficient (Wildman–Crippen LogP) is 1.99. The van der Waals surface area contributed by atoms with Crippen LogP contribution in [0.15, 0.2) is 6.20 Å². The third-order valence-electron chi connectivity index (χ3n) is 2.19. The largest absolute Gasteiger partial charge is 0.435 e. The van der Waals surface area contributed by atoms with Gasteiger partial charge in [-0.2, -0.15) is 18.3 Å². The van der Waals surface area contributed by atoms with Crippen LogP contribution in [0.5, 0.6) is 0 Å². The summed E-state index contributed by atoms with van der Waals surface area (Å²) in [6.45, 7) is 1.36. The second kappa shape index (κ2) is 7.60. The quantitative estimate of drug-likeness (QED) is 0.813. The van der Waals surface area contributed by atoms with Gasteiger partial charge in [0.05, 0.1) is 0 Å². The van der Waals surface area contributed by atoms with Crippen molar-refractivity contribution in [3.63, 3.8) is 0 Å². The Morgan fingerprint density at radius 1 is 1.44 bits per heavy atom. The second-order valence-corrected chi connectivity index (χ2v) is 3.70. The maximum Gasteiger partial charge on any atom is 0.435 e. The van der Waals surface area contributed by atoms with Crippen LogP contribution in [0.4, 0.5) is 13.2 Å². The average Bonchev–Trinajstić information content (AvgIpc) is 2.59. The van der Waals surface area contributed by atoms with Crippen LogP contribution in [0.2, 0.25) is 0 Å². The number of methoxy groups -OCH3 is 1. The van der Waals surface area contributed by atoms with Crippen molar-refractivity contribution in [1.29, 1.82) is 0 Å². The number of hydrogen-bond acceptors (Lipinski definition) is 3. The summed E-state index contributed by atoms with van der Waals surface area (Å²) < 4.78 is 43.7. The van der Waals surface area contributed by atoms with Gasteiger partial charge in [0, 0.05) is 39.1 Å². The molecule has 1 aromatic rings. The topological polar surface area (TPSA) is 39.1 Å². The third kappa shape index (κ3) is 5.24. The lowest BCUT2D eigenvalue weighted by Gasteiger charge is -2.07. The van der Waals surface area contributed by atoms with Crippen molar-refractivity contribution in [2.75, 3.05) is 20.3 Å². The SMILES string of the molecule is COCCCNCc1cn(C)nc1C(F)(F)F.Cl. The lowest BCUT2D eigenvalue weighted by Crippen LogP contribution is -2.18. The van der Waals surface area contributed by atoms with Crippen LogP contribution in [0.3, 0.4) is 0 Å². The van der Waals surface area contributed by atoms with E-state index >= 15 is 0 Å². The standard InChI is InChI=1S/C10H16F3N3O.ClH/c1-16-7-8(6-14-4-3-5-17-2)9(15-16)10(11,12)13;/h7,14H,3-6H2,1-2H3;1H. The van der Waals surface area contributed by atoms with Crippen LogP contribution in [0, 0.1) is 0 Å². The van der Waals surface area contributed by atoms with Gasteiger partial charge < -0.3 is 10.1 Å². The molecule has 0 radical (unpaired) electrons. The molecule has 106 valence electrons. The van der Waals surface area contributed by atoms with Crippen molar-refractivity contribution >= 4 is 12.4 Å². The molecule has 0 aliphatic heterocycles. The van der Waals surface area contributed by atoms with Crippen molar-refractivity contribution in [1.82, 2.24) is 15.1 Å². The van der Waals surface area contributed by atoms with Gasteiger partial charge in [-0.05, 0) is 13.0 Å². The van der Waals surface area contributed by atoms with Crippen LogP contribution in [-0.4, -0.2) is 30.0 Å². The van der Waals surface area contributed by atoms with E-state index in [0.29, 0.717) is 13.2 Å². The number of nitrogens with zero attached hydrogens (tertiary/aromatic N) is 2. The van der Waals surface area contributed by atoms with Crippen LogP contribution >= 0.6 is 12.4 Å². The summed E-state index contributed by atoms with van der Waals surface area (Å²) in [5.74, 6) is 0. The first-order valence-corrected chi connectivity index (χ1v) is 5.24. The van der Waals surface area contributed by atoms with E-state index in [1.165, 1.54) is 17.9 Å². The van der Waals surface area contributed by atoms with Crippen molar-refractivity contribution < 1.29 is 17.9 Å². The Morgan fingerprint density at radius 2 is 2.11 bits per heavy atom. The Bertz CT molecular complexity index is 355. The van der Waals surface area contributed by atoms with Gasteiger partial charge in [0.15, 0.2) is 5.69 Å². The minimum absolute atomic E-state index is 0. The second-order valence-electron chi connectivity index (χ2n) is 3.70. The van der Waals surface area contributed by atoms with E-state index in [2.05, 4.69) is 10.4 Å². The molecule has 0 unspecified atom stereocenters. The smallest absolute Gasteiger partial charge is 0.385 e. The number of rotatable bonds is 6. The molecule has 0 aliphatic rings. The molecule has 0 fully saturated rings. The molecule has 8 heteroatoms. The Morgan fingerprint density at radius 3 is 2.67 bits per heavy atom. The molecule has 18 heavy (non-hydrogen) atoms. The maximum absolute atomic E-state index is 12.6. The fourth-order valence-electron chi connectivity index (χ4n) is 1.47. The Kier molecular flexibility index (Phi) is 7.27. The van der Waals surface area contributed by atoms with Gasteiger partial charge in [-0.25, -0.2) is 0 Å². The van der Waals surface area contributed by atoms with E-state index in [0.717, 1.165) is 6.42 Å². The first-order chi connectivity index (χ1) is 7.95. The summed E-state index contributed by atoms with van der Waals surface area (Å²) in [4.78, 5) is 0. The summed E-state index contributed by atoms with van der Waals surface area (Å²) in [5.41, 5.74) is -0.656. The Balaban J connectivity index is 0.00000289. The number of halogens is 4. The monoisotopic (exact) mass is 287 g/mol. The highest BCUT2D eigenvalue weighted by Gasteiger charge is 2.36. The van der Waals surface area contributed by atoms with Crippen LogP contribution in [0.1, 0.15) is 17.7 Å². The van der Waals surface area contributed by atoms with E-state index in [1.807, 2.05) is 0 Å². The van der Waals surface area contributed by atoms with Crippen molar-refractivity contribution in [3.8, 4) is 0 Å². The van der Waals surface area contributed by atoms with Crippen LogP contribution in [0.25, 0.3) is 0 Å². The predicted molar refractivity (Wildman–Crippen MR) is 63.7 cm³/mol. The molecule has 0 amide bonds. The van der Waals surface area contributed by atoms with Gasteiger partial charge in [0.2, 0.25) is 0 Å². The maximum atomic E-state index is 12.6. The molecular formula is C10H17ClF3N3O. The Labute approximate surface area is 110 Å². The molecule has 0 bridgehead atoms. The molecule has 0 aromatic carbocycles. The highest BCUT2D eigenvalue weighted by atomic mass is 35.5. The molecule has 0 aliphatic carbocycles. The normalized spacial score (nSPS) is 11.4. The minimum atomic E-state index is -4.40. The number of nitrogens with one attached hydrogen (secondary N) is 1. The first kappa shape index (κ1) is 17.2. The number of aromatic nitrogens is 2. The van der Waals surface area contributed by atoms with E-state index < -0.39 is 11.9 Å². The zero-order chi connectivity index (χ0) is 12.9. The number of alkyl halides is 3. The van der Waals surface area contributed by atoms with Gasteiger partial charge >= 0.3 is 6.18 Å². The van der Waals surface area contributed by atoms with E-state index in [4.69, 9.17) is 4.74 Å². The summed E-state index contributed by atoms with van der Waals surface area (Å²) in [6.07, 6.45) is -2.25. The molecule has 0 atom stereocenters. The van der Waals surface area contributed by atoms with Crippen LogP contribution < -0.4 is 5.32 Å². The van der Waals surface area contributed by atoms with Gasteiger partial charge in [0.1, 0.15) is 0 Å². The van der Waals surface area contributed by atoms with E-state index in [1.54, 1.807) is 7.11 Å². The van der Waals surface area contributed by atoms with E-state index in [-0.39, 0.29) is 24.5 Å². The molecule has 0 saturated carbocycles. The minimum Gasteiger partial charge on any atom is -0.385 e. The highest BCUT2D eigenvalue weighted by Crippen LogP contribution is 2.30. The molecule has 1 N–H and O–H groups in total. The lowest BCUT2D eigenvalue weighted by atomic mass is 10.2. The molecular weight excluding hydrogens is 271 g/mol. The van der Waals surface area contributed by atoms with Gasteiger partial charge in [-0.3, -0.25) is 4.68 Å². The third-order valence-corrected chi connectivity index (χ3v) is 2.19. The lowest BCUT2D eigenvalue weighted by molar-refractivity contribution is -0.142. The average molecular weight is 288 g/mol. The molecule has 1 aromatic heterocycles. The zero-order valence-electron chi connectivity index (χ0n) is 10.3. The molecule has 0 saturated heterocycles. The molecule has 0 spiro atoms. The van der Waals surface area contributed by atoms with Crippen molar-refractivity contribution in [2.24, 2.45) is 7.05 Å². The summed E-state index contributed by atoms with van der Waals surface area (Å²) in [7, 11) is 3.06. The fourth-order valence-corrected chi connectivity index (χ4v) is 1.47. The first-order valence-electron chi connectivity index (χ1n) is 5.24. The van der Waals surface area contributed by atoms with Gasteiger partial charge in [0.25, 0.3) is 0 Å². The number of aryl methyl sites for hydroxylation is 1. The zero-order valence-corrected chi connectivity index (χ0v) is 11.1. The van der Waals surface area contributed by atoms with Crippen molar-refractivity contribution in [3.05, 3.63) is 17.5 Å². The van der Waals surface area contributed by atoms with Crippen molar-refractivity contribution in [2.45, 2.75) is 19.1 Å². The summed E-state index contributed by atoms with van der Waals surface area (Å²) in [5, 5.41) is 6.35.